The van der Waals surface area contributed by atoms with Crippen molar-refractivity contribution in [2.45, 2.75) is 19.4 Å². The number of halogens is 3. The van der Waals surface area contributed by atoms with E-state index in [0.29, 0.717) is 19.5 Å². The lowest BCUT2D eigenvalue weighted by Gasteiger charge is -2.34. The zero-order valence-corrected chi connectivity index (χ0v) is 11.1. The summed E-state index contributed by atoms with van der Waals surface area (Å²) in [6.07, 6.45) is 0.0262. The molecule has 0 bridgehead atoms. The maximum absolute atomic E-state index is 13.2. The van der Waals surface area contributed by atoms with Crippen molar-refractivity contribution in [1.82, 2.24) is 4.90 Å². The summed E-state index contributed by atoms with van der Waals surface area (Å²) in [4.78, 5) is 13.7. The third kappa shape index (κ3) is 2.87. The van der Waals surface area contributed by atoms with Crippen LogP contribution in [0.4, 0.5) is 8.78 Å². The summed E-state index contributed by atoms with van der Waals surface area (Å²) in [5.41, 5.74) is -0.0517. The largest absolute Gasteiger partial charge is 0.393 e. The quantitative estimate of drug-likeness (QED) is 0.807. The topological polar surface area (TPSA) is 40.5 Å². The Kier molecular flexibility index (Phi) is 4.06. The monoisotopic (exact) mass is 289 g/mol. The van der Waals surface area contributed by atoms with E-state index in [0.717, 1.165) is 12.1 Å². The molecular weight excluding hydrogens is 276 g/mol. The van der Waals surface area contributed by atoms with Gasteiger partial charge in [0, 0.05) is 13.1 Å². The molecule has 0 spiro atoms. The minimum atomic E-state index is -1.10. The lowest BCUT2D eigenvalue weighted by Crippen LogP contribution is -2.45. The number of aliphatic hydroxyl groups excluding tert-OH is 1. The average Bonchev–Trinajstić information content (AvgIpc) is 2.36. The van der Waals surface area contributed by atoms with Crippen LogP contribution < -0.4 is 0 Å². The van der Waals surface area contributed by atoms with Gasteiger partial charge < -0.3 is 10.0 Å². The summed E-state index contributed by atoms with van der Waals surface area (Å²) in [5, 5.41) is 9.50. The van der Waals surface area contributed by atoms with E-state index in [1.165, 1.54) is 4.90 Å². The molecule has 0 aliphatic carbocycles. The average molecular weight is 290 g/mol. The van der Waals surface area contributed by atoms with Gasteiger partial charge in [-0.05, 0) is 24.5 Å². The minimum absolute atomic E-state index is 0.0517. The molecule has 6 heteroatoms. The zero-order valence-electron chi connectivity index (χ0n) is 10.4. The molecule has 2 rings (SSSR count). The number of benzene rings is 1. The fourth-order valence-corrected chi connectivity index (χ4v) is 2.41. The highest BCUT2D eigenvalue weighted by Gasteiger charge is 2.29. The van der Waals surface area contributed by atoms with Gasteiger partial charge in [-0.1, -0.05) is 18.5 Å². The summed E-state index contributed by atoms with van der Waals surface area (Å²) >= 11 is 5.78. The SMILES string of the molecule is CC1CN(C(=O)c2cc(F)c(F)cc2Cl)CCC1O. The molecule has 19 heavy (non-hydrogen) atoms. The first-order chi connectivity index (χ1) is 8.90. The van der Waals surface area contributed by atoms with Crippen LogP contribution in [-0.2, 0) is 0 Å². The molecule has 2 atom stereocenters. The van der Waals surface area contributed by atoms with Crippen molar-refractivity contribution in [2.75, 3.05) is 13.1 Å². The lowest BCUT2D eigenvalue weighted by atomic mass is 9.96. The first-order valence-electron chi connectivity index (χ1n) is 6.02. The first-order valence-corrected chi connectivity index (χ1v) is 6.40. The molecule has 1 saturated heterocycles. The molecule has 1 aromatic carbocycles. The Labute approximate surface area is 114 Å². The zero-order chi connectivity index (χ0) is 14.2. The second kappa shape index (κ2) is 5.43. The van der Waals surface area contributed by atoms with Gasteiger partial charge in [0.2, 0.25) is 0 Å². The summed E-state index contributed by atoms with van der Waals surface area (Å²) in [5.74, 6) is -2.67. The van der Waals surface area contributed by atoms with Crippen LogP contribution in [0.5, 0.6) is 0 Å². The number of likely N-dealkylation sites (tertiary alicyclic amines) is 1. The van der Waals surface area contributed by atoms with Crippen LogP contribution in [0.25, 0.3) is 0 Å². The number of piperidine rings is 1. The number of carbonyl (C=O) groups excluding carboxylic acids is 1. The number of amides is 1. The standard InChI is InChI=1S/C13H14ClF2NO2/c1-7-6-17(3-2-12(7)18)13(19)8-4-10(15)11(16)5-9(8)14/h4-5,7,12,18H,2-3,6H2,1H3. The van der Waals surface area contributed by atoms with Gasteiger partial charge in [0.1, 0.15) is 0 Å². The summed E-state index contributed by atoms with van der Waals surface area (Å²) in [7, 11) is 0. The van der Waals surface area contributed by atoms with Crippen molar-refractivity contribution in [1.29, 1.82) is 0 Å². The van der Waals surface area contributed by atoms with Gasteiger partial charge in [0.05, 0.1) is 16.7 Å². The third-order valence-electron chi connectivity index (χ3n) is 3.39. The Hall–Kier alpha value is -1.20. The first kappa shape index (κ1) is 14.2. The molecule has 104 valence electrons. The predicted octanol–water partition coefficient (Wildman–Crippen LogP) is 2.46. The van der Waals surface area contributed by atoms with Gasteiger partial charge in [-0.15, -0.1) is 0 Å². The second-order valence-electron chi connectivity index (χ2n) is 4.83. The van der Waals surface area contributed by atoms with Crippen LogP contribution in [0, 0.1) is 17.6 Å². The third-order valence-corrected chi connectivity index (χ3v) is 3.70. The predicted molar refractivity (Wildman–Crippen MR) is 67.1 cm³/mol. The molecule has 1 aliphatic rings. The van der Waals surface area contributed by atoms with Gasteiger partial charge in [0.15, 0.2) is 11.6 Å². The van der Waals surface area contributed by atoms with Crippen molar-refractivity contribution < 1.29 is 18.7 Å². The maximum Gasteiger partial charge on any atom is 0.255 e. The van der Waals surface area contributed by atoms with Crippen molar-refractivity contribution in [3.63, 3.8) is 0 Å². The molecule has 1 aliphatic heterocycles. The Morgan fingerprint density at radius 3 is 2.68 bits per heavy atom. The normalized spacial score (nSPS) is 23.5. The molecule has 1 fully saturated rings. The van der Waals surface area contributed by atoms with Crippen molar-refractivity contribution in [3.8, 4) is 0 Å². The molecule has 0 aromatic heterocycles. The molecule has 1 aromatic rings. The van der Waals surface area contributed by atoms with E-state index in [-0.39, 0.29) is 16.5 Å². The molecule has 3 nitrogen and oxygen atoms in total. The van der Waals surface area contributed by atoms with Crippen LogP contribution in [0.2, 0.25) is 5.02 Å². The Morgan fingerprint density at radius 1 is 1.42 bits per heavy atom. The number of hydrogen-bond acceptors (Lipinski definition) is 2. The molecule has 1 amide bonds. The highest BCUT2D eigenvalue weighted by atomic mass is 35.5. The van der Waals surface area contributed by atoms with Crippen LogP contribution in [0.3, 0.4) is 0 Å². The Bertz CT molecular complexity index is 510. The Balaban J connectivity index is 2.23. The molecular formula is C13H14ClF2NO2. The summed E-state index contributed by atoms with van der Waals surface area (Å²) in [6.45, 7) is 2.58. The van der Waals surface area contributed by atoms with Crippen molar-refractivity contribution >= 4 is 17.5 Å². The highest BCUT2D eigenvalue weighted by Crippen LogP contribution is 2.24. The molecule has 1 heterocycles. The highest BCUT2D eigenvalue weighted by molar-refractivity contribution is 6.33. The van der Waals surface area contributed by atoms with E-state index in [2.05, 4.69) is 0 Å². The van der Waals surface area contributed by atoms with Gasteiger partial charge in [-0.2, -0.15) is 0 Å². The van der Waals surface area contributed by atoms with Gasteiger partial charge in [-0.3, -0.25) is 4.79 Å². The van der Waals surface area contributed by atoms with Crippen LogP contribution in [0.15, 0.2) is 12.1 Å². The molecule has 0 radical (unpaired) electrons. The van der Waals surface area contributed by atoms with Crippen LogP contribution >= 0.6 is 11.6 Å². The minimum Gasteiger partial charge on any atom is -0.393 e. The van der Waals surface area contributed by atoms with E-state index >= 15 is 0 Å². The van der Waals surface area contributed by atoms with Gasteiger partial charge in [0.25, 0.3) is 5.91 Å². The smallest absolute Gasteiger partial charge is 0.255 e. The second-order valence-corrected chi connectivity index (χ2v) is 5.24. The fraction of sp³-hybridized carbons (Fsp3) is 0.462. The molecule has 2 unspecified atom stereocenters. The van der Waals surface area contributed by atoms with Gasteiger partial charge in [-0.25, -0.2) is 8.78 Å². The number of aliphatic hydroxyl groups is 1. The van der Waals surface area contributed by atoms with E-state index in [1.807, 2.05) is 6.92 Å². The Morgan fingerprint density at radius 2 is 2.05 bits per heavy atom. The molecule has 1 N–H and O–H groups in total. The van der Waals surface area contributed by atoms with Gasteiger partial charge >= 0.3 is 0 Å². The summed E-state index contributed by atoms with van der Waals surface area (Å²) < 4.78 is 26.1. The van der Waals surface area contributed by atoms with E-state index < -0.39 is 23.6 Å². The maximum atomic E-state index is 13.2. The lowest BCUT2D eigenvalue weighted by molar-refractivity contribution is 0.0297. The summed E-state index contributed by atoms with van der Waals surface area (Å²) in [6, 6.07) is 1.61. The van der Waals surface area contributed by atoms with Crippen LogP contribution in [0.1, 0.15) is 23.7 Å². The van der Waals surface area contributed by atoms with Crippen molar-refractivity contribution in [2.24, 2.45) is 5.92 Å². The van der Waals surface area contributed by atoms with Crippen molar-refractivity contribution in [3.05, 3.63) is 34.4 Å². The number of hydrogen-bond donors (Lipinski definition) is 1. The van der Waals surface area contributed by atoms with Crippen LogP contribution in [-0.4, -0.2) is 35.1 Å². The fourth-order valence-electron chi connectivity index (χ4n) is 2.17. The van der Waals surface area contributed by atoms with E-state index in [9.17, 15) is 18.7 Å². The van der Waals surface area contributed by atoms with E-state index in [4.69, 9.17) is 11.6 Å². The number of carbonyl (C=O) groups is 1. The number of rotatable bonds is 1. The molecule has 0 saturated carbocycles. The van der Waals surface area contributed by atoms with E-state index in [1.54, 1.807) is 0 Å². The number of nitrogens with zero attached hydrogens (tertiary/aromatic N) is 1.